The summed E-state index contributed by atoms with van der Waals surface area (Å²) in [6.07, 6.45) is 0. The maximum Gasteiger partial charge on any atom is 0.460 e. The fourth-order valence-corrected chi connectivity index (χ4v) is 4.11. The summed E-state index contributed by atoms with van der Waals surface area (Å²) < 4.78 is 6.44. The van der Waals surface area contributed by atoms with Crippen molar-refractivity contribution in [3.63, 3.8) is 0 Å². The summed E-state index contributed by atoms with van der Waals surface area (Å²) in [6.45, 7) is 16.7. The molecule has 0 saturated carbocycles. The monoisotopic (exact) mass is 451 g/mol. The molecule has 0 aliphatic heterocycles. The van der Waals surface area contributed by atoms with Crippen molar-refractivity contribution in [3.8, 4) is 0 Å². The lowest BCUT2D eigenvalue weighted by Gasteiger charge is -2.19. The number of aromatic nitrogens is 3. The fraction of sp³-hybridized carbons (Fsp3) is 0.440. The molecule has 33 heavy (non-hydrogen) atoms. The van der Waals surface area contributed by atoms with Crippen molar-refractivity contribution in [1.82, 2.24) is 14.7 Å². The summed E-state index contributed by atoms with van der Waals surface area (Å²) in [5.41, 5.74) is 11.2. The molecule has 2 heterocycles. The number of nitrogens with zero attached hydrogens (tertiary/aromatic N) is 4. The van der Waals surface area contributed by atoms with Gasteiger partial charge in [-0.2, -0.15) is 9.72 Å². The molecule has 0 aliphatic carbocycles. The van der Waals surface area contributed by atoms with Crippen LogP contribution in [0.25, 0.3) is 0 Å². The first kappa shape index (κ1) is 24.2. The Labute approximate surface area is 194 Å². The molecule has 0 unspecified atom stereocenters. The van der Waals surface area contributed by atoms with E-state index in [0.29, 0.717) is 11.5 Å². The van der Waals surface area contributed by atoms with E-state index in [0.717, 1.165) is 44.9 Å². The maximum atomic E-state index is 11.9. The summed E-state index contributed by atoms with van der Waals surface area (Å²) in [5.74, 6) is 0.451. The molecule has 176 valence electrons. The van der Waals surface area contributed by atoms with Crippen LogP contribution >= 0.6 is 0 Å². The van der Waals surface area contributed by atoms with Crippen molar-refractivity contribution in [1.29, 1.82) is 0 Å². The molecule has 0 spiro atoms. The zero-order chi connectivity index (χ0) is 24.6. The van der Waals surface area contributed by atoms with Gasteiger partial charge in [0.25, 0.3) is 0 Å². The van der Waals surface area contributed by atoms with E-state index in [1.165, 1.54) is 21.4 Å². The van der Waals surface area contributed by atoms with Crippen LogP contribution in [0.5, 0.6) is 0 Å². The third-order valence-electron chi connectivity index (χ3n) is 6.91. The standard InChI is InChI=1S/C25H33N5O3/c1-12-13(2)17(6)21(18(7)14(12)3)22(24-28-25(31)33-30(24)10)29-32-11-20-16(5)15(4)19(8)23(26-9)27-20/h11H2,1-10H3,(H,26,27). The zero-order valence-electron chi connectivity index (χ0n) is 21.2. The van der Waals surface area contributed by atoms with Gasteiger partial charge < -0.3 is 14.7 Å². The lowest BCUT2D eigenvalue weighted by atomic mass is 9.87. The third-order valence-corrected chi connectivity index (χ3v) is 6.91. The van der Waals surface area contributed by atoms with Crippen LogP contribution in [0.1, 0.15) is 61.6 Å². The average Bonchev–Trinajstić information content (AvgIpc) is 3.12. The first-order valence-corrected chi connectivity index (χ1v) is 11.0. The van der Waals surface area contributed by atoms with Gasteiger partial charge in [-0.25, -0.2) is 9.78 Å². The normalized spacial score (nSPS) is 11.8. The Morgan fingerprint density at radius 2 is 1.42 bits per heavy atom. The average molecular weight is 452 g/mol. The van der Waals surface area contributed by atoms with Gasteiger partial charge in [0, 0.05) is 19.7 Å². The predicted octanol–water partition coefficient (Wildman–Crippen LogP) is 4.25. The van der Waals surface area contributed by atoms with Crippen molar-refractivity contribution in [2.75, 3.05) is 12.4 Å². The first-order chi connectivity index (χ1) is 15.5. The minimum absolute atomic E-state index is 0.179. The van der Waals surface area contributed by atoms with Crippen LogP contribution in [0.2, 0.25) is 0 Å². The number of benzene rings is 1. The van der Waals surface area contributed by atoms with E-state index < -0.39 is 5.76 Å². The number of anilines is 1. The highest BCUT2D eigenvalue weighted by Gasteiger charge is 2.23. The molecule has 0 radical (unpaired) electrons. The molecule has 0 saturated heterocycles. The van der Waals surface area contributed by atoms with Crippen LogP contribution in [-0.2, 0) is 18.5 Å². The molecule has 0 atom stereocenters. The predicted molar refractivity (Wildman–Crippen MR) is 130 cm³/mol. The lowest BCUT2D eigenvalue weighted by Crippen LogP contribution is -2.17. The van der Waals surface area contributed by atoms with Crippen LogP contribution in [0.4, 0.5) is 5.82 Å². The summed E-state index contributed by atoms with van der Waals surface area (Å²) in [4.78, 5) is 26.5. The second kappa shape index (κ2) is 9.21. The molecule has 8 nitrogen and oxygen atoms in total. The largest absolute Gasteiger partial charge is 0.460 e. The summed E-state index contributed by atoms with van der Waals surface area (Å²) in [7, 11) is 3.48. The van der Waals surface area contributed by atoms with Crippen LogP contribution in [-0.4, -0.2) is 27.5 Å². The number of oxime groups is 1. The fourth-order valence-electron chi connectivity index (χ4n) is 4.11. The van der Waals surface area contributed by atoms with E-state index in [1.54, 1.807) is 7.05 Å². The maximum absolute atomic E-state index is 11.9. The second-order valence-electron chi connectivity index (χ2n) is 8.54. The number of hydrogen-bond donors (Lipinski definition) is 1. The van der Waals surface area contributed by atoms with Gasteiger partial charge in [-0.3, -0.25) is 0 Å². The Bertz CT molecular complexity index is 1290. The van der Waals surface area contributed by atoms with Crippen LogP contribution in [0.15, 0.2) is 14.5 Å². The van der Waals surface area contributed by atoms with E-state index in [1.807, 2.05) is 34.7 Å². The van der Waals surface area contributed by atoms with Gasteiger partial charge in [0.2, 0.25) is 0 Å². The molecule has 3 aromatic rings. The summed E-state index contributed by atoms with van der Waals surface area (Å²) >= 11 is 0. The molecule has 0 amide bonds. The number of nitrogens with one attached hydrogen (secondary N) is 1. The SMILES string of the molecule is CNc1nc(CON=C(c2c(C)c(C)c(C)c(C)c2C)c2nc(=O)on2C)c(C)c(C)c1C. The van der Waals surface area contributed by atoms with E-state index in [2.05, 4.69) is 43.2 Å². The highest BCUT2D eigenvalue weighted by Crippen LogP contribution is 2.28. The van der Waals surface area contributed by atoms with Gasteiger partial charge in [0.1, 0.15) is 5.82 Å². The number of aryl methyl sites for hydroxylation is 1. The number of pyridine rings is 1. The van der Waals surface area contributed by atoms with Gasteiger partial charge in [-0.15, -0.1) is 0 Å². The molecule has 0 fully saturated rings. The van der Waals surface area contributed by atoms with E-state index in [-0.39, 0.29) is 6.61 Å². The van der Waals surface area contributed by atoms with Crippen molar-refractivity contribution in [3.05, 3.63) is 72.1 Å². The van der Waals surface area contributed by atoms with Gasteiger partial charge >= 0.3 is 5.76 Å². The summed E-state index contributed by atoms with van der Waals surface area (Å²) in [6, 6.07) is 0. The highest BCUT2D eigenvalue weighted by molar-refractivity contribution is 6.12. The summed E-state index contributed by atoms with van der Waals surface area (Å²) in [5, 5.41) is 7.62. The molecule has 0 aliphatic rings. The Hall–Kier alpha value is -3.42. The second-order valence-corrected chi connectivity index (χ2v) is 8.54. The van der Waals surface area contributed by atoms with Crippen molar-refractivity contribution < 1.29 is 9.36 Å². The Balaban J connectivity index is 2.14. The molecular formula is C25H33N5O3. The zero-order valence-corrected chi connectivity index (χ0v) is 21.2. The smallest absolute Gasteiger partial charge is 0.389 e. The van der Waals surface area contributed by atoms with Gasteiger partial charge in [-0.05, 0) is 99.9 Å². The molecule has 1 N–H and O–H groups in total. The van der Waals surface area contributed by atoms with Crippen LogP contribution < -0.4 is 11.1 Å². The van der Waals surface area contributed by atoms with Crippen molar-refractivity contribution in [2.45, 2.75) is 62.0 Å². The quantitative estimate of drug-likeness (QED) is 0.445. The van der Waals surface area contributed by atoms with Gasteiger partial charge in [0.05, 0.1) is 5.69 Å². The number of hydrogen-bond acceptors (Lipinski definition) is 7. The Morgan fingerprint density at radius 3 is 1.94 bits per heavy atom. The van der Waals surface area contributed by atoms with E-state index >= 15 is 0 Å². The number of rotatable bonds is 6. The van der Waals surface area contributed by atoms with E-state index in [9.17, 15) is 4.79 Å². The first-order valence-electron chi connectivity index (χ1n) is 11.0. The molecule has 1 aromatic carbocycles. The molecule has 3 rings (SSSR count). The molecule has 2 aromatic heterocycles. The van der Waals surface area contributed by atoms with Gasteiger partial charge in [0.15, 0.2) is 18.1 Å². The minimum atomic E-state index is -0.679. The third kappa shape index (κ3) is 4.29. The minimum Gasteiger partial charge on any atom is -0.389 e. The lowest BCUT2D eigenvalue weighted by molar-refractivity contribution is 0.127. The van der Waals surface area contributed by atoms with Gasteiger partial charge in [-0.1, -0.05) is 5.16 Å². The van der Waals surface area contributed by atoms with E-state index in [4.69, 9.17) is 14.3 Å². The Kier molecular flexibility index (Phi) is 6.76. The van der Waals surface area contributed by atoms with Crippen molar-refractivity contribution in [2.24, 2.45) is 12.2 Å². The topological polar surface area (TPSA) is 94.5 Å². The van der Waals surface area contributed by atoms with Crippen LogP contribution in [0.3, 0.4) is 0 Å². The van der Waals surface area contributed by atoms with Crippen LogP contribution in [0, 0.1) is 55.4 Å². The van der Waals surface area contributed by atoms with Crippen molar-refractivity contribution >= 4 is 11.5 Å². The highest BCUT2D eigenvalue weighted by atomic mass is 16.6. The molecule has 0 bridgehead atoms. The Morgan fingerprint density at radius 1 is 0.879 bits per heavy atom. The molecular weight excluding hydrogens is 418 g/mol. The molecule has 8 heteroatoms.